The SMILES string of the molecule is CCN(CC)C(=O)C(C)SCC(C)C(=O)O. The van der Waals surface area contributed by atoms with Crippen LogP contribution in [0.4, 0.5) is 0 Å². The highest BCUT2D eigenvalue weighted by molar-refractivity contribution is 8.00. The zero-order valence-electron chi connectivity index (χ0n) is 10.4. The molecule has 2 unspecified atom stereocenters. The number of carboxylic acids is 1. The molecule has 1 amide bonds. The first-order valence-corrected chi connectivity index (χ1v) is 6.62. The molecule has 4 nitrogen and oxygen atoms in total. The summed E-state index contributed by atoms with van der Waals surface area (Å²) in [5.74, 6) is -0.650. The summed E-state index contributed by atoms with van der Waals surface area (Å²) >= 11 is 1.41. The van der Waals surface area contributed by atoms with Crippen LogP contribution >= 0.6 is 11.8 Å². The Morgan fingerprint density at radius 1 is 1.25 bits per heavy atom. The van der Waals surface area contributed by atoms with Gasteiger partial charge in [-0.25, -0.2) is 0 Å². The zero-order valence-corrected chi connectivity index (χ0v) is 11.2. The molecule has 0 bridgehead atoms. The van der Waals surface area contributed by atoms with Crippen molar-refractivity contribution >= 4 is 23.6 Å². The molecule has 0 spiro atoms. The van der Waals surface area contributed by atoms with Gasteiger partial charge in [0.2, 0.25) is 5.91 Å². The predicted molar refractivity (Wildman–Crippen MR) is 66.6 cm³/mol. The van der Waals surface area contributed by atoms with E-state index in [1.165, 1.54) is 11.8 Å². The minimum absolute atomic E-state index is 0.0904. The zero-order chi connectivity index (χ0) is 12.7. The van der Waals surface area contributed by atoms with Gasteiger partial charge in [0.05, 0.1) is 11.2 Å². The average molecular weight is 247 g/mol. The Morgan fingerprint density at radius 3 is 2.12 bits per heavy atom. The number of nitrogens with zero attached hydrogens (tertiary/aromatic N) is 1. The Kier molecular flexibility index (Phi) is 7.21. The molecule has 5 heteroatoms. The first-order valence-electron chi connectivity index (χ1n) is 5.57. The largest absolute Gasteiger partial charge is 0.481 e. The first kappa shape index (κ1) is 15.3. The van der Waals surface area contributed by atoms with Crippen molar-refractivity contribution in [3.63, 3.8) is 0 Å². The molecule has 0 aliphatic heterocycles. The van der Waals surface area contributed by atoms with Crippen molar-refractivity contribution in [2.24, 2.45) is 5.92 Å². The van der Waals surface area contributed by atoms with E-state index in [4.69, 9.17) is 5.11 Å². The van der Waals surface area contributed by atoms with Gasteiger partial charge in [0.15, 0.2) is 0 Å². The smallest absolute Gasteiger partial charge is 0.307 e. The maximum absolute atomic E-state index is 11.8. The topological polar surface area (TPSA) is 57.6 Å². The van der Waals surface area contributed by atoms with E-state index in [-0.39, 0.29) is 11.2 Å². The Labute approximate surface area is 101 Å². The molecule has 0 rings (SSSR count). The molecule has 0 aromatic rings. The lowest BCUT2D eigenvalue weighted by Crippen LogP contribution is -2.36. The monoisotopic (exact) mass is 247 g/mol. The van der Waals surface area contributed by atoms with E-state index in [1.807, 2.05) is 20.8 Å². The van der Waals surface area contributed by atoms with E-state index in [9.17, 15) is 9.59 Å². The lowest BCUT2D eigenvalue weighted by molar-refractivity contribution is -0.140. The molecule has 2 atom stereocenters. The van der Waals surface area contributed by atoms with E-state index in [0.29, 0.717) is 18.8 Å². The van der Waals surface area contributed by atoms with Gasteiger partial charge in [0, 0.05) is 18.8 Å². The van der Waals surface area contributed by atoms with Gasteiger partial charge in [-0.15, -0.1) is 11.8 Å². The number of carboxylic acid groups (broad SMARTS) is 1. The standard InChI is InChI=1S/C11H21NO3S/c1-5-12(6-2)10(13)9(4)16-7-8(3)11(14)15/h8-9H,5-7H2,1-4H3,(H,14,15). The van der Waals surface area contributed by atoms with Gasteiger partial charge in [0.25, 0.3) is 0 Å². The molecular formula is C11H21NO3S. The van der Waals surface area contributed by atoms with E-state index in [2.05, 4.69) is 0 Å². The number of rotatable bonds is 7. The minimum atomic E-state index is -0.810. The summed E-state index contributed by atoms with van der Waals surface area (Å²) in [7, 11) is 0. The first-order chi connectivity index (χ1) is 7.43. The molecule has 1 N–H and O–H groups in total. The van der Waals surface area contributed by atoms with Crippen molar-refractivity contribution in [1.29, 1.82) is 0 Å². The third kappa shape index (κ3) is 4.88. The molecule has 0 aromatic carbocycles. The van der Waals surface area contributed by atoms with Crippen LogP contribution in [0.15, 0.2) is 0 Å². The Bertz CT molecular complexity index is 241. The molecule has 0 fully saturated rings. The van der Waals surface area contributed by atoms with E-state index >= 15 is 0 Å². The van der Waals surface area contributed by atoms with Gasteiger partial charge < -0.3 is 10.0 Å². The molecule has 0 aliphatic rings. The summed E-state index contributed by atoms with van der Waals surface area (Å²) < 4.78 is 0. The third-order valence-corrected chi connectivity index (χ3v) is 3.83. The third-order valence-electron chi connectivity index (χ3n) is 2.44. The predicted octanol–water partition coefficient (Wildman–Crippen LogP) is 1.70. The summed E-state index contributed by atoms with van der Waals surface area (Å²) in [5.41, 5.74) is 0. The van der Waals surface area contributed by atoms with Crippen molar-refractivity contribution in [3.8, 4) is 0 Å². The van der Waals surface area contributed by atoms with E-state index in [0.717, 1.165) is 0 Å². The Balaban J connectivity index is 4.10. The fourth-order valence-corrected chi connectivity index (χ4v) is 2.24. The number of aliphatic carboxylic acids is 1. The van der Waals surface area contributed by atoms with Gasteiger partial charge >= 0.3 is 5.97 Å². The lowest BCUT2D eigenvalue weighted by atomic mass is 10.2. The number of hydrogen-bond donors (Lipinski definition) is 1. The van der Waals surface area contributed by atoms with Crippen LogP contribution in [-0.4, -0.2) is 46.0 Å². The second kappa shape index (κ2) is 7.54. The molecule has 0 saturated heterocycles. The maximum Gasteiger partial charge on any atom is 0.307 e. The normalized spacial score (nSPS) is 14.2. The van der Waals surface area contributed by atoms with Crippen LogP contribution in [0.1, 0.15) is 27.7 Å². The number of carbonyl (C=O) groups is 2. The molecule has 0 aromatic heterocycles. The summed E-state index contributed by atoms with van der Waals surface area (Å²) in [6.45, 7) is 8.78. The van der Waals surface area contributed by atoms with Crippen LogP contribution in [0.2, 0.25) is 0 Å². The number of amides is 1. The van der Waals surface area contributed by atoms with Crippen LogP contribution in [0, 0.1) is 5.92 Å². The highest BCUT2D eigenvalue weighted by Gasteiger charge is 2.20. The molecular weight excluding hydrogens is 226 g/mol. The van der Waals surface area contributed by atoms with Crippen LogP contribution < -0.4 is 0 Å². The minimum Gasteiger partial charge on any atom is -0.481 e. The Morgan fingerprint density at radius 2 is 1.75 bits per heavy atom. The summed E-state index contributed by atoms with van der Waals surface area (Å²) in [4.78, 5) is 24.2. The van der Waals surface area contributed by atoms with Crippen LogP contribution in [0.3, 0.4) is 0 Å². The second-order valence-electron chi connectivity index (χ2n) is 3.73. The number of thioether (sulfide) groups is 1. The average Bonchev–Trinajstić information content (AvgIpc) is 2.26. The van der Waals surface area contributed by atoms with Crippen LogP contribution in [0.5, 0.6) is 0 Å². The molecule has 0 heterocycles. The van der Waals surface area contributed by atoms with Crippen molar-refractivity contribution < 1.29 is 14.7 Å². The number of hydrogen-bond acceptors (Lipinski definition) is 3. The van der Waals surface area contributed by atoms with Crippen LogP contribution in [0.25, 0.3) is 0 Å². The van der Waals surface area contributed by atoms with Gasteiger partial charge in [-0.3, -0.25) is 9.59 Å². The van der Waals surface area contributed by atoms with Gasteiger partial charge in [-0.1, -0.05) is 6.92 Å². The molecule has 0 aliphatic carbocycles. The number of carbonyl (C=O) groups excluding carboxylic acids is 1. The lowest BCUT2D eigenvalue weighted by Gasteiger charge is -2.22. The van der Waals surface area contributed by atoms with Crippen molar-refractivity contribution in [3.05, 3.63) is 0 Å². The fraction of sp³-hybridized carbons (Fsp3) is 0.818. The molecule has 94 valence electrons. The second-order valence-corrected chi connectivity index (χ2v) is 5.10. The van der Waals surface area contributed by atoms with Gasteiger partial charge in [0.1, 0.15) is 0 Å². The molecule has 16 heavy (non-hydrogen) atoms. The maximum atomic E-state index is 11.8. The Hall–Kier alpha value is -0.710. The fourth-order valence-electron chi connectivity index (χ4n) is 1.22. The molecule has 0 radical (unpaired) electrons. The summed E-state index contributed by atoms with van der Waals surface area (Å²) in [6.07, 6.45) is 0. The van der Waals surface area contributed by atoms with Crippen LogP contribution in [-0.2, 0) is 9.59 Å². The highest BCUT2D eigenvalue weighted by Crippen LogP contribution is 2.17. The van der Waals surface area contributed by atoms with Gasteiger partial charge in [-0.05, 0) is 20.8 Å². The quantitative estimate of drug-likeness (QED) is 0.744. The highest BCUT2D eigenvalue weighted by atomic mass is 32.2. The molecule has 0 saturated carbocycles. The van der Waals surface area contributed by atoms with E-state index in [1.54, 1.807) is 11.8 Å². The van der Waals surface area contributed by atoms with Crippen molar-refractivity contribution in [2.75, 3.05) is 18.8 Å². The summed E-state index contributed by atoms with van der Waals surface area (Å²) in [6, 6.07) is 0. The van der Waals surface area contributed by atoms with Crippen molar-refractivity contribution in [2.45, 2.75) is 32.9 Å². The van der Waals surface area contributed by atoms with Crippen molar-refractivity contribution in [1.82, 2.24) is 4.90 Å². The van der Waals surface area contributed by atoms with Gasteiger partial charge in [-0.2, -0.15) is 0 Å². The van der Waals surface area contributed by atoms with E-state index < -0.39 is 11.9 Å². The summed E-state index contributed by atoms with van der Waals surface area (Å²) in [5, 5.41) is 8.56.